The zero-order chi connectivity index (χ0) is 15.5. The first-order chi connectivity index (χ1) is 9.90. The molecule has 0 aromatic heterocycles. The van der Waals surface area contributed by atoms with Crippen LogP contribution in [0.3, 0.4) is 0 Å². The third kappa shape index (κ3) is 4.03. The van der Waals surface area contributed by atoms with Crippen LogP contribution in [0.5, 0.6) is 0 Å². The van der Waals surface area contributed by atoms with Gasteiger partial charge in [-0.3, -0.25) is 9.59 Å². The summed E-state index contributed by atoms with van der Waals surface area (Å²) < 4.78 is 12.9. The normalized spacial score (nSPS) is 17.6. The smallest absolute Gasteiger partial charge is 0.305 e. The highest BCUT2D eigenvalue weighted by atomic mass is 19.1. The third-order valence-corrected chi connectivity index (χ3v) is 4.14. The van der Waals surface area contributed by atoms with Gasteiger partial charge in [-0.05, 0) is 42.9 Å². The molecule has 0 heterocycles. The van der Waals surface area contributed by atoms with Crippen molar-refractivity contribution in [3.63, 3.8) is 0 Å². The molecule has 0 radical (unpaired) electrons. The van der Waals surface area contributed by atoms with E-state index in [4.69, 9.17) is 5.11 Å². The minimum Gasteiger partial charge on any atom is -0.481 e. The fourth-order valence-electron chi connectivity index (χ4n) is 2.77. The maximum absolute atomic E-state index is 12.9. The molecule has 1 aromatic rings. The van der Waals surface area contributed by atoms with E-state index in [9.17, 15) is 14.0 Å². The molecule has 4 nitrogen and oxygen atoms in total. The summed E-state index contributed by atoms with van der Waals surface area (Å²) in [7, 11) is 0. The molecule has 114 valence electrons. The zero-order valence-corrected chi connectivity index (χ0v) is 12.1. The van der Waals surface area contributed by atoms with Crippen molar-refractivity contribution in [2.75, 3.05) is 0 Å². The maximum Gasteiger partial charge on any atom is 0.305 e. The molecular weight excluding hydrogens is 273 g/mol. The predicted molar refractivity (Wildman–Crippen MR) is 76.4 cm³/mol. The highest BCUT2D eigenvalue weighted by molar-refractivity contribution is 5.79. The second kappa shape index (κ2) is 6.24. The number of halogens is 1. The third-order valence-electron chi connectivity index (χ3n) is 4.14. The number of nitrogens with one attached hydrogen (secondary N) is 1. The van der Waals surface area contributed by atoms with Gasteiger partial charge in [0.05, 0.1) is 12.0 Å². The summed E-state index contributed by atoms with van der Waals surface area (Å²) in [5, 5.41) is 11.8. The molecule has 1 amide bonds. The van der Waals surface area contributed by atoms with Gasteiger partial charge >= 0.3 is 5.97 Å². The molecule has 1 saturated carbocycles. The molecule has 1 aliphatic carbocycles. The Morgan fingerprint density at radius 1 is 1.33 bits per heavy atom. The average molecular weight is 293 g/mol. The van der Waals surface area contributed by atoms with Crippen molar-refractivity contribution in [1.29, 1.82) is 0 Å². The van der Waals surface area contributed by atoms with E-state index in [2.05, 4.69) is 5.32 Å². The molecule has 1 unspecified atom stereocenters. The van der Waals surface area contributed by atoms with Crippen LogP contribution in [0.25, 0.3) is 0 Å². The van der Waals surface area contributed by atoms with E-state index in [1.807, 2.05) is 6.92 Å². The average Bonchev–Trinajstić information content (AvgIpc) is 2.36. The Kier molecular flexibility index (Phi) is 4.60. The molecule has 0 spiro atoms. The number of carbonyl (C=O) groups is 2. The lowest BCUT2D eigenvalue weighted by atomic mass is 9.74. The van der Waals surface area contributed by atoms with Crippen molar-refractivity contribution < 1.29 is 19.1 Å². The number of hydrogen-bond donors (Lipinski definition) is 2. The van der Waals surface area contributed by atoms with Gasteiger partial charge in [-0.1, -0.05) is 19.1 Å². The monoisotopic (exact) mass is 293 g/mol. The van der Waals surface area contributed by atoms with Crippen LogP contribution in [0.2, 0.25) is 0 Å². The molecule has 1 atom stereocenters. The Hall–Kier alpha value is -1.91. The number of carboxylic acid groups (broad SMARTS) is 1. The Labute approximate surface area is 123 Å². The van der Waals surface area contributed by atoms with E-state index in [1.165, 1.54) is 12.1 Å². The van der Waals surface area contributed by atoms with E-state index >= 15 is 0 Å². The summed E-state index contributed by atoms with van der Waals surface area (Å²) in [6, 6.07) is 6.09. The fourth-order valence-corrected chi connectivity index (χ4v) is 2.77. The SMILES string of the molecule is CC(CC(=O)NC1(CC(=O)O)CCC1)c1ccc(F)cc1. The molecule has 1 aromatic carbocycles. The van der Waals surface area contributed by atoms with Gasteiger partial charge in [0.25, 0.3) is 0 Å². The summed E-state index contributed by atoms with van der Waals surface area (Å²) in [5.41, 5.74) is 0.332. The Balaban J connectivity index is 1.91. The molecule has 1 fully saturated rings. The van der Waals surface area contributed by atoms with Crippen LogP contribution in [0.15, 0.2) is 24.3 Å². The minimum absolute atomic E-state index is 0.0241. The number of benzene rings is 1. The second-order valence-corrected chi connectivity index (χ2v) is 5.91. The van der Waals surface area contributed by atoms with Crippen molar-refractivity contribution in [2.24, 2.45) is 0 Å². The van der Waals surface area contributed by atoms with Crippen LogP contribution >= 0.6 is 0 Å². The van der Waals surface area contributed by atoms with Crippen molar-refractivity contribution in [2.45, 2.75) is 50.5 Å². The topological polar surface area (TPSA) is 66.4 Å². The number of amides is 1. The molecule has 5 heteroatoms. The molecule has 2 rings (SSSR count). The van der Waals surface area contributed by atoms with Gasteiger partial charge in [-0.2, -0.15) is 0 Å². The van der Waals surface area contributed by atoms with Gasteiger partial charge in [0.2, 0.25) is 5.91 Å². The van der Waals surface area contributed by atoms with E-state index in [-0.39, 0.29) is 30.5 Å². The molecule has 0 saturated heterocycles. The Morgan fingerprint density at radius 2 is 1.95 bits per heavy atom. The molecule has 0 bridgehead atoms. The molecule has 1 aliphatic rings. The van der Waals surface area contributed by atoms with Crippen LogP contribution in [0.1, 0.15) is 50.5 Å². The molecule has 2 N–H and O–H groups in total. The van der Waals surface area contributed by atoms with Crippen molar-refractivity contribution in [3.05, 3.63) is 35.6 Å². The number of hydrogen-bond acceptors (Lipinski definition) is 2. The maximum atomic E-state index is 12.9. The summed E-state index contributed by atoms with van der Waals surface area (Å²) in [5.74, 6) is -1.37. The highest BCUT2D eigenvalue weighted by Crippen LogP contribution is 2.35. The zero-order valence-electron chi connectivity index (χ0n) is 12.1. The Morgan fingerprint density at radius 3 is 2.43 bits per heavy atom. The number of aliphatic carboxylic acids is 1. The van der Waals surface area contributed by atoms with Crippen molar-refractivity contribution >= 4 is 11.9 Å². The Bertz CT molecular complexity index is 523. The summed E-state index contributed by atoms with van der Waals surface area (Å²) in [6.07, 6.45) is 2.63. The lowest BCUT2D eigenvalue weighted by Gasteiger charge is -2.41. The van der Waals surface area contributed by atoms with Crippen LogP contribution in [0, 0.1) is 5.82 Å². The van der Waals surface area contributed by atoms with Gasteiger partial charge in [0.1, 0.15) is 5.82 Å². The lowest BCUT2D eigenvalue weighted by molar-refractivity contribution is -0.140. The van der Waals surface area contributed by atoms with Crippen LogP contribution in [0.4, 0.5) is 4.39 Å². The molecular formula is C16H20FNO3. The van der Waals surface area contributed by atoms with E-state index in [0.717, 1.165) is 24.8 Å². The lowest BCUT2D eigenvalue weighted by Crippen LogP contribution is -2.54. The molecule has 21 heavy (non-hydrogen) atoms. The number of carbonyl (C=O) groups excluding carboxylic acids is 1. The fraction of sp³-hybridized carbons (Fsp3) is 0.500. The summed E-state index contributed by atoms with van der Waals surface area (Å²) >= 11 is 0. The van der Waals surface area contributed by atoms with Crippen molar-refractivity contribution in [1.82, 2.24) is 5.32 Å². The quantitative estimate of drug-likeness (QED) is 0.847. The van der Waals surface area contributed by atoms with Crippen LogP contribution in [-0.2, 0) is 9.59 Å². The largest absolute Gasteiger partial charge is 0.481 e. The first-order valence-electron chi connectivity index (χ1n) is 7.18. The van der Waals surface area contributed by atoms with Crippen LogP contribution in [-0.4, -0.2) is 22.5 Å². The molecule has 0 aliphatic heterocycles. The first kappa shape index (κ1) is 15.5. The van der Waals surface area contributed by atoms with Gasteiger partial charge in [-0.15, -0.1) is 0 Å². The van der Waals surface area contributed by atoms with E-state index in [1.54, 1.807) is 12.1 Å². The highest BCUT2D eigenvalue weighted by Gasteiger charge is 2.40. The number of carboxylic acids is 1. The predicted octanol–water partition coefficient (Wildman–Crippen LogP) is 2.83. The minimum atomic E-state index is -0.887. The summed E-state index contributed by atoms with van der Waals surface area (Å²) in [4.78, 5) is 23.0. The number of rotatable bonds is 6. The van der Waals surface area contributed by atoms with Gasteiger partial charge in [-0.25, -0.2) is 4.39 Å². The van der Waals surface area contributed by atoms with E-state index < -0.39 is 11.5 Å². The summed E-state index contributed by atoms with van der Waals surface area (Å²) in [6.45, 7) is 1.90. The first-order valence-corrected chi connectivity index (χ1v) is 7.18. The van der Waals surface area contributed by atoms with Gasteiger partial charge in [0.15, 0.2) is 0 Å². The van der Waals surface area contributed by atoms with Gasteiger partial charge < -0.3 is 10.4 Å². The second-order valence-electron chi connectivity index (χ2n) is 5.91. The van der Waals surface area contributed by atoms with Gasteiger partial charge in [0, 0.05) is 6.42 Å². The standard InChI is InChI=1S/C16H20FNO3/c1-11(12-3-5-13(17)6-4-12)9-14(19)18-16(7-2-8-16)10-15(20)21/h3-6,11H,2,7-10H2,1H3,(H,18,19)(H,20,21). The van der Waals surface area contributed by atoms with Crippen LogP contribution < -0.4 is 5.32 Å². The van der Waals surface area contributed by atoms with E-state index in [0.29, 0.717) is 0 Å². The van der Waals surface area contributed by atoms with Crippen molar-refractivity contribution in [3.8, 4) is 0 Å².